The van der Waals surface area contributed by atoms with Crippen LogP contribution in [0.25, 0.3) is 0 Å². The highest BCUT2D eigenvalue weighted by molar-refractivity contribution is 4.79. The molecule has 1 saturated heterocycles. The summed E-state index contributed by atoms with van der Waals surface area (Å²) in [5.41, 5.74) is 0.556. The Labute approximate surface area is 102 Å². The molecule has 0 aromatic rings. The Morgan fingerprint density at radius 3 is 2.44 bits per heavy atom. The van der Waals surface area contributed by atoms with E-state index in [0.29, 0.717) is 17.5 Å². The summed E-state index contributed by atoms with van der Waals surface area (Å²) in [6.07, 6.45) is 4.09. The zero-order valence-electron chi connectivity index (χ0n) is 11.8. The molecule has 96 valence electrons. The van der Waals surface area contributed by atoms with Crippen molar-refractivity contribution in [3.8, 4) is 0 Å². The molecule has 1 heterocycles. The van der Waals surface area contributed by atoms with E-state index in [0.717, 1.165) is 6.54 Å². The molecule has 2 heteroatoms. The normalized spacial score (nSPS) is 24.4. The maximum absolute atomic E-state index is 3.54. The van der Waals surface area contributed by atoms with Crippen LogP contribution < -0.4 is 5.32 Å². The molecule has 0 amide bonds. The fourth-order valence-electron chi connectivity index (χ4n) is 2.42. The molecule has 1 unspecified atom stereocenters. The van der Waals surface area contributed by atoms with Gasteiger partial charge in [0.1, 0.15) is 0 Å². The predicted molar refractivity (Wildman–Crippen MR) is 71.8 cm³/mol. The lowest BCUT2D eigenvalue weighted by Gasteiger charge is -2.29. The number of rotatable bonds is 4. The Morgan fingerprint density at radius 1 is 1.12 bits per heavy atom. The van der Waals surface area contributed by atoms with Crippen molar-refractivity contribution in [1.29, 1.82) is 0 Å². The summed E-state index contributed by atoms with van der Waals surface area (Å²) in [7, 11) is 0. The van der Waals surface area contributed by atoms with Crippen LogP contribution in [0.5, 0.6) is 0 Å². The van der Waals surface area contributed by atoms with Gasteiger partial charge in [-0.1, -0.05) is 27.7 Å². The molecule has 16 heavy (non-hydrogen) atoms. The van der Waals surface area contributed by atoms with Gasteiger partial charge in [-0.15, -0.1) is 0 Å². The molecule has 0 aromatic carbocycles. The minimum atomic E-state index is 0.556. The molecule has 2 nitrogen and oxygen atoms in total. The van der Waals surface area contributed by atoms with E-state index in [9.17, 15) is 0 Å². The molecule has 1 atom stereocenters. The Bertz CT molecular complexity index is 199. The van der Waals surface area contributed by atoms with Crippen LogP contribution in [-0.2, 0) is 0 Å². The average Bonchev–Trinajstić information content (AvgIpc) is 2.35. The van der Waals surface area contributed by atoms with E-state index in [1.54, 1.807) is 0 Å². The quantitative estimate of drug-likeness (QED) is 0.793. The minimum absolute atomic E-state index is 0.556. The van der Waals surface area contributed by atoms with Gasteiger partial charge in [-0.25, -0.2) is 0 Å². The van der Waals surface area contributed by atoms with Crippen molar-refractivity contribution >= 4 is 0 Å². The number of hydrogen-bond donors (Lipinski definition) is 1. The van der Waals surface area contributed by atoms with E-state index < -0.39 is 0 Å². The Morgan fingerprint density at radius 2 is 1.81 bits per heavy atom. The maximum atomic E-state index is 3.54. The molecule has 0 aliphatic carbocycles. The van der Waals surface area contributed by atoms with Gasteiger partial charge < -0.3 is 5.32 Å². The Kier molecular flexibility index (Phi) is 5.26. The second-order valence-corrected chi connectivity index (χ2v) is 6.47. The summed E-state index contributed by atoms with van der Waals surface area (Å²) in [6.45, 7) is 15.3. The van der Waals surface area contributed by atoms with Crippen LogP contribution in [-0.4, -0.2) is 36.6 Å². The van der Waals surface area contributed by atoms with Crippen molar-refractivity contribution in [3.05, 3.63) is 0 Å². The van der Waals surface area contributed by atoms with Gasteiger partial charge in [-0.2, -0.15) is 0 Å². The third-order valence-electron chi connectivity index (χ3n) is 3.82. The van der Waals surface area contributed by atoms with E-state index >= 15 is 0 Å². The zero-order chi connectivity index (χ0) is 12.2. The maximum Gasteiger partial charge on any atom is 0.0192 e. The molecule has 1 aliphatic rings. The standard InChI is InChI=1S/C14H30N2/c1-12(2)15-11-13(3)16-9-6-7-14(4,5)8-10-16/h12-13,15H,6-11H2,1-5H3. The van der Waals surface area contributed by atoms with Crippen LogP contribution in [0.15, 0.2) is 0 Å². The topological polar surface area (TPSA) is 15.3 Å². The monoisotopic (exact) mass is 226 g/mol. The smallest absolute Gasteiger partial charge is 0.0192 e. The third-order valence-corrected chi connectivity index (χ3v) is 3.82. The fourth-order valence-corrected chi connectivity index (χ4v) is 2.42. The van der Waals surface area contributed by atoms with Crippen molar-refractivity contribution < 1.29 is 0 Å². The highest BCUT2D eigenvalue weighted by atomic mass is 15.2. The summed E-state index contributed by atoms with van der Waals surface area (Å²) in [4.78, 5) is 2.66. The lowest BCUT2D eigenvalue weighted by Crippen LogP contribution is -2.42. The Hall–Kier alpha value is -0.0800. The highest BCUT2D eigenvalue weighted by Crippen LogP contribution is 2.30. The molecule has 0 bridgehead atoms. The van der Waals surface area contributed by atoms with Crippen LogP contribution in [0.2, 0.25) is 0 Å². The van der Waals surface area contributed by atoms with Crippen LogP contribution in [0, 0.1) is 5.41 Å². The molecule has 0 radical (unpaired) electrons. The second-order valence-electron chi connectivity index (χ2n) is 6.47. The van der Waals surface area contributed by atoms with Crippen LogP contribution >= 0.6 is 0 Å². The first-order chi connectivity index (χ1) is 7.41. The Balaban J connectivity index is 2.36. The number of nitrogens with one attached hydrogen (secondary N) is 1. The van der Waals surface area contributed by atoms with Crippen molar-refractivity contribution in [2.24, 2.45) is 5.41 Å². The van der Waals surface area contributed by atoms with E-state index in [-0.39, 0.29) is 0 Å². The first kappa shape index (κ1) is 14.0. The number of hydrogen-bond acceptors (Lipinski definition) is 2. The molecular weight excluding hydrogens is 196 g/mol. The summed E-state index contributed by atoms with van der Waals surface area (Å²) in [5.74, 6) is 0. The SMILES string of the molecule is CC(C)NCC(C)N1CCCC(C)(C)CC1. The lowest BCUT2D eigenvalue weighted by molar-refractivity contribution is 0.200. The van der Waals surface area contributed by atoms with Crippen LogP contribution in [0.3, 0.4) is 0 Å². The van der Waals surface area contributed by atoms with E-state index in [2.05, 4.69) is 44.8 Å². The molecule has 0 aromatic heterocycles. The minimum Gasteiger partial charge on any atom is -0.313 e. The van der Waals surface area contributed by atoms with Crippen molar-refractivity contribution in [2.45, 2.75) is 66.0 Å². The summed E-state index contributed by atoms with van der Waals surface area (Å²) < 4.78 is 0. The molecule has 1 rings (SSSR count). The van der Waals surface area contributed by atoms with Crippen LogP contribution in [0.4, 0.5) is 0 Å². The summed E-state index contributed by atoms with van der Waals surface area (Å²) in [6, 6.07) is 1.28. The number of likely N-dealkylation sites (tertiary alicyclic amines) is 1. The molecule has 1 N–H and O–H groups in total. The zero-order valence-corrected chi connectivity index (χ0v) is 11.8. The molecule has 1 fully saturated rings. The summed E-state index contributed by atoms with van der Waals surface area (Å²) in [5, 5.41) is 3.54. The van der Waals surface area contributed by atoms with Gasteiger partial charge in [-0.3, -0.25) is 4.90 Å². The van der Waals surface area contributed by atoms with Crippen LogP contribution in [0.1, 0.15) is 53.9 Å². The van der Waals surface area contributed by atoms with E-state index in [1.165, 1.54) is 32.4 Å². The lowest BCUT2D eigenvalue weighted by atomic mass is 9.85. The van der Waals surface area contributed by atoms with Crippen molar-refractivity contribution in [3.63, 3.8) is 0 Å². The van der Waals surface area contributed by atoms with Gasteiger partial charge in [0.05, 0.1) is 0 Å². The van der Waals surface area contributed by atoms with Gasteiger partial charge in [0.25, 0.3) is 0 Å². The third kappa shape index (κ3) is 4.84. The highest BCUT2D eigenvalue weighted by Gasteiger charge is 2.24. The molecular formula is C14H30N2. The van der Waals surface area contributed by atoms with Gasteiger partial charge >= 0.3 is 0 Å². The first-order valence-electron chi connectivity index (χ1n) is 6.88. The number of nitrogens with zero attached hydrogens (tertiary/aromatic N) is 1. The van der Waals surface area contributed by atoms with Gasteiger partial charge in [0.15, 0.2) is 0 Å². The molecule has 0 saturated carbocycles. The van der Waals surface area contributed by atoms with Gasteiger partial charge in [0, 0.05) is 18.6 Å². The molecule has 1 aliphatic heterocycles. The van der Waals surface area contributed by atoms with E-state index in [1.807, 2.05) is 0 Å². The van der Waals surface area contributed by atoms with Crippen molar-refractivity contribution in [2.75, 3.05) is 19.6 Å². The predicted octanol–water partition coefficient (Wildman–Crippen LogP) is 2.89. The largest absolute Gasteiger partial charge is 0.313 e. The van der Waals surface area contributed by atoms with E-state index in [4.69, 9.17) is 0 Å². The average molecular weight is 226 g/mol. The first-order valence-corrected chi connectivity index (χ1v) is 6.88. The van der Waals surface area contributed by atoms with Gasteiger partial charge in [-0.05, 0) is 44.7 Å². The van der Waals surface area contributed by atoms with Crippen molar-refractivity contribution in [1.82, 2.24) is 10.2 Å². The fraction of sp³-hybridized carbons (Fsp3) is 1.00. The second kappa shape index (κ2) is 6.02. The summed E-state index contributed by atoms with van der Waals surface area (Å²) >= 11 is 0. The van der Waals surface area contributed by atoms with Gasteiger partial charge in [0.2, 0.25) is 0 Å². The molecule has 0 spiro atoms.